The van der Waals surface area contributed by atoms with Gasteiger partial charge in [-0.05, 0) is 39.8 Å². The molecule has 0 spiro atoms. The number of carbonyl (C=O) groups excluding carboxylic acids is 2. The predicted octanol–water partition coefficient (Wildman–Crippen LogP) is -0.320. The van der Waals surface area contributed by atoms with Crippen molar-refractivity contribution in [3.05, 3.63) is 24.2 Å². The Kier molecular flexibility index (Phi) is 9.58. The fraction of sp³-hybridized carbons (Fsp3) is 0.619. The molecule has 0 saturated carbocycles. The summed E-state index contributed by atoms with van der Waals surface area (Å²) < 4.78 is 36.3. The molecule has 2 aromatic heterocycles. The first kappa shape index (κ1) is 28.9. The van der Waals surface area contributed by atoms with Crippen LogP contribution < -0.4 is 15.9 Å². The molecule has 1 fully saturated rings. The molecule has 1 aliphatic rings. The second-order valence-corrected chi connectivity index (χ2v) is 10.2. The van der Waals surface area contributed by atoms with Gasteiger partial charge in [-0.1, -0.05) is 0 Å². The zero-order valence-electron chi connectivity index (χ0n) is 20.9. The van der Waals surface area contributed by atoms with Gasteiger partial charge in [-0.15, -0.1) is 0 Å². The number of hydrogen-bond acceptors (Lipinski definition) is 12. The molecule has 15 nitrogen and oxygen atoms in total. The molecule has 16 heteroatoms. The molecule has 3 heterocycles. The summed E-state index contributed by atoms with van der Waals surface area (Å²) in [5, 5.41) is 30.5. The molecule has 0 bridgehead atoms. The Bertz CT molecular complexity index is 1120. The second-order valence-electron chi connectivity index (χ2n) is 8.33. The summed E-state index contributed by atoms with van der Waals surface area (Å²) in [5.74, 6) is -1.16. The van der Waals surface area contributed by atoms with E-state index in [0.29, 0.717) is 11.2 Å². The van der Waals surface area contributed by atoms with Gasteiger partial charge in [0, 0.05) is 0 Å². The van der Waals surface area contributed by atoms with Crippen molar-refractivity contribution >= 4 is 30.9 Å². The van der Waals surface area contributed by atoms with E-state index < -0.39 is 62.7 Å². The first-order chi connectivity index (χ1) is 17.5. The van der Waals surface area contributed by atoms with Crippen LogP contribution in [0.4, 0.5) is 5.82 Å². The fourth-order valence-electron chi connectivity index (χ4n) is 3.76. The maximum Gasteiger partial charge on any atom is 0.342 e. The highest BCUT2D eigenvalue weighted by Crippen LogP contribution is 2.42. The van der Waals surface area contributed by atoms with Crippen molar-refractivity contribution in [3.63, 3.8) is 0 Å². The lowest BCUT2D eigenvalue weighted by molar-refractivity contribution is -0.145. The third-order valence-corrected chi connectivity index (χ3v) is 7.56. The van der Waals surface area contributed by atoms with Crippen molar-refractivity contribution < 1.29 is 43.1 Å². The molecule has 3 rings (SSSR count). The minimum absolute atomic E-state index is 0.106. The van der Waals surface area contributed by atoms with Crippen LogP contribution in [0.15, 0.2) is 18.5 Å². The third-order valence-electron chi connectivity index (χ3n) is 5.59. The van der Waals surface area contributed by atoms with Crippen LogP contribution in [0.5, 0.6) is 0 Å². The average Bonchev–Trinajstić information content (AvgIpc) is 3.40. The maximum atomic E-state index is 13.6. The molecular formula is C21H33N6O9P. The standard InChI is InChI=1S/C21H33N6O9P/c1-5-33-20(30)11(3)25-37(32,26-12(4)21(31)34-6-2)35-9-15-16(28)17(29)18(36-15)13-7-8-14-19(22)23-10-24-27(13)14/h7-8,10-12,15-18,28-29H,5-6,9H2,1-4H3,(H2,22,23,24)(H2,25,26,32)/t11-,12-,15+,16+,17+,18-/m0/s1. The number of rotatable bonds is 12. The third kappa shape index (κ3) is 6.62. The van der Waals surface area contributed by atoms with Crippen LogP contribution in [0.2, 0.25) is 0 Å². The first-order valence-electron chi connectivity index (χ1n) is 11.7. The first-order valence-corrected chi connectivity index (χ1v) is 13.4. The van der Waals surface area contributed by atoms with E-state index in [4.69, 9.17) is 24.5 Å². The SMILES string of the molecule is CCOC(=O)[C@H](C)NP(=O)(N[C@@H](C)C(=O)OCC)OC[C@H]1O[C@@H](c2ccc3c(N)ncnn23)[C@H](O)[C@@H]1O. The van der Waals surface area contributed by atoms with Crippen molar-refractivity contribution in [3.8, 4) is 0 Å². The van der Waals surface area contributed by atoms with Crippen LogP contribution in [-0.4, -0.2) is 87.0 Å². The Morgan fingerprint density at radius 2 is 1.73 bits per heavy atom. The Labute approximate surface area is 213 Å². The molecule has 1 saturated heterocycles. The number of nitrogen functional groups attached to an aromatic ring is 1. The van der Waals surface area contributed by atoms with Crippen molar-refractivity contribution in [2.45, 2.75) is 64.2 Å². The van der Waals surface area contributed by atoms with Gasteiger partial charge in [-0.2, -0.15) is 5.10 Å². The average molecular weight is 545 g/mol. The number of nitrogens with two attached hydrogens (primary N) is 1. The Hall–Kier alpha value is -2.65. The summed E-state index contributed by atoms with van der Waals surface area (Å²) in [5.41, 5.74) is 6.75. The van der Waals surface area contributed by atoms with E-state index in [1.807, 2.05) is 0 Å². The number of nitrogens with one attached hydrogen (secondary N) is 2. The van der Waals surface area contributed by atoms with Gasteiger partial charge in [0.15, 0.2) is 5.82 Å². The van der Waals surface area contributed by atoms with Crippen molar-refractivity contribution in [1.29, 1.82) is 0 Å². The van der Waals surface area contributed by atoms with Gasteiger partial charge in [-0.25, -0.2) is 19.7 Å². The fourth-order valence-corrected chi connectivity index (χ4v) is 5.57. The highest BCUT2D eigenvalue weighted by molar-refractivity contribution is 7.54. The highest BCUT2D eigenvalue weighted by atomic mass is 31.2. The summed E-state index contributed by atoms with van der Waals surface area (Å²) in [7, 11) is -4.13. The van der Waals surface area contributed by atoms with Crippen LogP contribution >= 0.6 is 7.67 Å². The van der Waals surface area contributed by atoms with Crippen LogP contribution in [0, 0.1) is 0 Å². The number of aromatic nitrogens is 3. The summed E-state index contributed by atoms with van der Waals surface area (Å²) in [6.45, 7) is 5.81. The van der Waals surface area contributed by atoms with E-state index in [1.54, 1.807) is 26.0 Å². The van der Waals surface area contributed by atoms with Gasteiger partial charge in [0.25, 0.3) is 0 Å². The topological polar surface area (TPSA) is 209 Å². The number of ether oxygens (including phenoxy) is 3. The minimum atomic E-state index is -4.13. The lowest BCUT2D eigenvalue weighted by Gasteiger charge is -2.27. The lowest BCUT2D eigenvalue weighted by Crippen LogP contribution is -2.43. The summed E-state index contributed by atoms with van der Waals surface area (Å²) in [4.78, 5) is 28.1. The largest absolute Gasteiger partial charge is 0.465 e. The predicted molar refractivity (Wildman–Crippen MR) is 129 cm³/mol. The van der Waals surface area contributed by atoms with Crippen LogP contribution in [-0.2, 0) is 32.9 Å². The molecule has 206 valence electrons. The number of esters is 2. The number of fused-ring (bicyclic) bond motifs is 1. The quantitative estimate of drug-likeness (QED) is 0.171. The molecule has 6 atom stereocenters. The molecule has 6 N–H and O–H groups in total. The molecule has 0 aliphatic carbocycles. The normalized spacial score (nSPS) is 23.6. The summed E-state index contributed by atoms with van der Waals surface area (Å²) in [6, 6.07) is 1.13. The van der Waals surface area contributed by atoms with Gasteiger partial charge in [0.05, 0.1) is 25.5 Å². The maximum absolute atomic E-state index is 13.6. The van der Waals surface area contributed by atoms with Gasteiger partial charge in [0.2, 0.25) is 0 Å². The zero-order chi connectivity index (χ0) is 27.3. The summed E-state index contributed by atoms with van der Waals surface area (Å²) in [6.07, 6.45) is -3.70. The van der Waals surface area contributed by atoms with Gasteiger partial charge < -0.3 is 34.7 Å². The minimum Gasteiger partial charge on any atom is -0.465 e. The molecule has 37 heavy (non-hydrogen) atoms. The lowest BCUT2D eigenvalue weighted by atomic mass is 10.1. The van der Waals surface area contributed by atoms with Crippen molar-refractivity contribution in [2.75, 3.05) is 25.6 Å². The molecule has 0 unspecified atom stereocenters. The molecule has 1 aliphatic heterocycles. The van der Waals surface area contributed by atoms with Gasteiger partial charge >= 0.3 is 19.6 Å². The molecule has 0 aromatic carbocycles. The van der Waals surface area contributed by atoms with E-state index >= 15 is 0 Å². The number of hydrogen-bond donors (Lipinski definition) is 5. The van der Waals surface area contributed by atoms with E-state index in [0.717, 1.165) is 0 Å². The van der Waals surface area contributed by atoms with Crippen LogP contribution in [0.25, 0.3) is 5.52 Å². The Morgan fingerprint density at radius 1 is 1.14 bits per heavy atom. The highest BCUT2D eigenvalue weighted by Gasteiger charge is 2.46. The number of anilines is 1. The van der Waals surface area contributed by atoms with Gasteiger partial charge in [-0.3, -0.25) is 14.2 Å². The van der Waals surface area contributed by atoms with Gasteiger partial charge in [0.1, 0.15) is 48.3 Å². The van der Waals surface area contributed by atoms with Crippen LogP contribution in [0.1, 0.15) is 39.5 Å². The Morgan fingerprint density at radius 3 is 2.30 bits per heavy atom. The number of carbonyl (C=O) groups is 2. The van der Waals surface area contributed by atoms with Crippen LogP contribution in [0.3, 0.4) is 0 Å². The van der Waals surface area contributed by atoms with Crippen molar-refractivity contribution in [2.24, 2.45) is 0 Å². The second kappa shape index (κ2) is 12.3. The van der Waals surface area contributed by atoms with E-state index in [-0.39, 0.29) is 19.0 Å². The number of aliphatic hydroxyl groups is 2. The van der Waals surface area contributed by atoms with E-state index in [1.165, 1.54) is 24.7 Å². The molecule has 0 radical (unpaired) electrons. The van der Waals surface area contributed by atoms with Crippen molar-refractivity contribution in [1.82, 2.24) is 24.8 Å². The Balaban J connectivity index is 1.76. The molecule has 2 aromatic rings. The smallest absolute Gasteiger partial charge is 0.342 e. The van der Waals surface area contributed by atoms with E-state index in [9.17, 15) is 24.4 Å². The number of nitrogens with zero attached hydrogens (tertiary/aromatic N) is 3. The zero-order valence-corrected chi connectivity index (χ0v) is 21.8. The summed E-state index contributed by atoms with van der Waals surface area (Å²) >= 11 is 0. The van der Waals surface area contributed by atoms with E-state index in [2.05, 4.69) is 20.3 Å². The molecular weight excluding hydrogens is 511 g/mol. The monoisotopic (exact) mass is 544 g/mol. The number of aliphatic hydroxyl groups excluding tert-OH is 2. The molecule has 0 amide bonds.